The van der Waals surface area contributed by atoms with Crippen molar-refractivity contribution < 1.29 is 39.5 Å². The Kier molecular flexibility index (Phi) is 7.14. The lowest BCUT2D eigenvalue weighted by atomic mass is 10.1. The van der Waals surface area contributed by atoms with Crippen LogP contribution in [0.4, 0.5) is 51.1 Å². The van der Waals surface area contributed by atoms with E-state index < -0.39 is 57.0 Å². The normalized spacial score (nSPS) is 12.7. The number of anilines is 2. The first-order chi connectivity index (χ1) is 15.9. The molecule has 0 aliphatic carbocycles. The van der Waals surface area contributed by atoms with E-state index in [0.29, 0.717) is 4.57 Å². The Morgan fingerprint density at radius 2 is 1.49 bits per heavy atom. The van der Waals surface area contributed by atoms with Gasteiger partial charge in [0.05, 0.1) is 32.0 Å². The second-order valence-electron chi connectivity index (χ2n) is 6.74. The summed E-state index contributed by atoms with van der Waals surface area (Å²) in [6.45, 7) is 0. The molecule has 0 unspecified atom stereocenters. The highest BCUT2D eigenvalue weighted by Gasteiger charge is 2.40. The molecule has 16 heteroatoms. The van der Waals surface area contributed by atoms with Crippen molar-refractivity contribution in [3.8, 4) is 5.69 Å². The van der Waals surface area contributed by atoms with Crippen LogP contribution in [0.3, 0.4) is 0 Å². The Hall–Kier alpha value is -2.45. The average Bonchev–Trinajstić information content (AvgIpc) is 2.67. The number of nitrogens with one attached hydrogen (secondary N) is 1. The van der Waals surface area contributed by atoms with Gasteiger partial charge >= 0.3 is 18.5 Å². The van der Waals surface area contributed by atoms with Gasteiger partial charge in [-0.15, -0.1) is 0 Å². The summed E-state index contributed by atoms with van der Waals surface area (Å²) >= 11 is 14.3. The number of halogens is 12. The molecule has 35 heavy (non-hydrogen) atoms. The number of alkyl halides is 9. The van der Waals surface area contributed by atoms with Crippen molar-refractivity contribution in [1.82, 2.24) is 9.55 Å². The summed E-state index contributed by atoms with van der Waals surface area (Å²) in [7, 11) is 0. The lowest BCUT2D eigenvalue weighted by Gasteiger charge is -2.20. The predicted octanol–water partition coefficient (Wildman–Crippen LogP) is 8.10. The van der Waals surface area contributed by atoms with Gasteiger partial charge in [-0.2, -0.15) is 39.5 Å². The van der Waals surface area contributed by atoms with E-state index in [0.717, 1.165) is 12.1 Å². The number of hydrogen-bond donors (Lipinski definition) is 1. The lowest BCUT2D eigenvalue weighted by molar-refractivity contribution is -0.143. The monoisotopic (exact) mass is 613 g/mol. The minimum Gasteiger partial charge on any atom is -0.324 e. The Morgan fingerprint density at radius 1 is 0.857 bits per heavy atom. The van der Waals surface area contributed by atoms with Crippen molar-refractivity contribution in [1.29, 1.82) is 0 Å². The summed E-state index contributed by atoms with van der Waals surface area (Å²) in [5, 5.41) is 1.76. The first kappa shape index (κ1) is 27.1. The molecule has 0 radical (unpaired) electrons. The molecule has 1 N–H and O–H groups in total. The van der Waals surface area contributed by atoms with E-state index in [9.17, 15) is 44.3 Å². The SMILES string of the molecule is O=c1cc(C(F)(F)F)nc(Nc2cc(C(F)(F)F)cc(C(F)(F)F)c2Br)n1-c1ccc(Cl)cc1Cl. The maximum absolute atomic E-state index is 13.4. The molecule has 0 aliphatic heterocycles. The summed E-state index contributed by atoms with van der Waals surface area (Å²) in [4.78, 5) is 15.8. The number of benzene rings is 2. The maximum Gasteiger partial charge on any atom is 0.433 e. The van der Waals surface area contributed by atoms with Gasteiger partial charge in [0.15, 0.2) is 5.69 Å². The smallest absolute Gasteiger partial charge is 0.324 e. The van der Waals surface area contributed by atoms with Crippen molar-refractivity contribution in [3.05, 3.63) is 78.1 Å². The first-order valence-electron chi connectivity index (χ1n) is 8.81. The Labute approximate surface area is 207 Å². The van der Waals surface area contributed by atoms with Crippen LogP contribution in [0.25, 0.3) is 5.69 Å². The van der Waals surface area contributed by atoms with Crippen LogP contribution in [0.2, 0.25) is 10.0 Å². The first-order valence-corrected chi connectivity index (χ1v) is 10.4. The van der Waals surface area contributed by atoms with E-state index in [1.54, 1.807) is 0 Å². The summed E-state index contributed by atoms with van der Waals surface area (Å²) < 4.78 is 119. The zero-order valence-corrected chi connectivity index (χ0v) is 19.4. The Bertz CT molecular complexity index is 1350. The highest BCUT2D eigenvalue weighted by Crippen LogP contribution is 2.44. The van der Waals surface area contributed by atoms with Crippen LogP contribution in [-0.2, 0) is 18.5 Å². The molecule has 4 nitrogen and oxygen atoms in total. The molecule has 3 aromatic rings. The fraction of sp³-hybridized carbons (Fsp3) is 0.158. The zero-order valence-electron chi connectivity index (χ0n) is 16.3. The van der Waals surface area contributed by atoms with Crippen molar-refractivity contribution in [3.63, 3.8) is 0 Å². The van der Waals surface area contributed by atoms with Gasteiger partial charge in [0.2, 0.25) is 5.95 Å². The molecule has 1 heterocycles. The van der Waals surface area contributed by atoms with E-state index in [2.05, 4.69) is 20.9 Å². The van der Waals surface area contributed by atoms with Gasteiger partial charge in [-0.1, -0.05) is 23.2 Å². The highest BCUT2D eigenvalue weighted by molar-refractivity contribution is 9.10. The molecule has 0 spiro atoms. The molecule has 0 saturated carbocycles. The largest absolute Gasteiger partial charge is 0.433 e. The predicted molar refractivity (Wildman–Crippen MR) is 112 cm³/mol. The summed E-state index contributed by atoms with van der Waals surface area (Å²) in [5.74, 6) is -1.07. The number of hydrogen-bond acceptors (Lipinski definition) is 3. The quantitative estimate of drug-likeness (QED) is 0.303. The minimum absolute atomic E-state index is 0.0663. The molecule has 0 amide bonds. The average molecular weight is 615 g/mol. The Balaban J connectivity index is 2.34. The molecule has 0 bridgehead atoms. The van der Waals surface area contributed by atoms with Crippen LogP contribution < -0.4 is 10.9 Å². The third kappa shape index (κ3) is 5.86. The molecule has 0 fully saturated rings. The zero-order chi connectivity index (χ0) is 26.5. The van der Waals surface area contributed by atoms with E-state index in [1.165, 1.54) is 6.07 Å². The van der Waals surface area contributed by atoms with Crippen molar-refractivity contribution in [2.45, 2.75) is 18.5 Å². The molecular weight excluding hydrogens is 608 g/mol. The van der Waals surface area contributed by atoms with Crippen LogP contribution in [0.5, 0.6) is 0 Å². The second kappa shape index (κ2) is 9.21. The van der Waals surface area contributed by atoms with Crippen molar-refractivity contribution >= 4 is 50.8 Å². The van der Waals surface area contributed by atoms with Gasteiger partial charge < -0.3 is 5.32 Å². The van der Waals surface area contributed by atoms with E-state index in [1.807, 2.05) is 5.32 Å². The van der Waals surface area contributed by atoms with Gasteiger partial charge in [0.25, 0.3) is 5.56 Å². The van der Waals surface area contributed by atoms with E-state index in [4.69, 9.17) is 23.2 Å². The molecule has 1 aromatic heterocycles. The third-order valence-corrected chi connectivity index (χ3v) is 5.70. The third-order valence-electron chi connectivity index (χ3n) is 4.31. The molecule has 188 valence electrons. The minimum atomic E-state index is -5.28. The Morgan fingerprint density at radius 3 is 2.00 bits per heavy atom. The molecule has 2 aromatic carbocycles. The van der Waals surface area contributed by atoms with Gasteiger partial charge in [-0.3, -0.25) is 4.79 Å². The lowest BCUT2D eigenvalue weighted by Crippen LogP contribution is -2.26. The fourth-order valence-electron chi connectivity index (χ4n) is 2.81. The van der Waals surface area contributed by atoms with Gasteiger partial charge in [-0.25, -0.2) is 9.55 Å². The van der Waals surface area contributed by atoms with Gasteiger partial charge in [0, 0.05) is 11.1 Å². The van der Waals surface area contributed by atoms with E-state index in [-0.39, 0.29) is 33.9 Å². The van der Waals surface area contributed by atoms with Crippen LogP contribution in [-0.4, -0.2) is 9.55 Å². The van der Waals surface area contributed by atoms with E-state index >= 15 is 0 Å². The van der Waals surface area contributed by atoms with Crippen LogP contribution in [0.15, 0.2) is 45.7 Å². The van der Waals surface area contributed by atoms with Crippen molar-refractivity contribution in [2.24, 2.45) is 0 Å². The number of nitrogens with zero attached hydrogens (tertiary/aromatic N) is 2. The standard InChI is InChI=1S/C19H7BrCl2F9N3O/c20-15-9(18(26,27)28)3-7(17(23,24)25)4-11(15)32-16-33-13(19(29,30)31)6-14(35)34(16)12-2-1-8(21)5-10(12)22/h1-6H,(H,32,33). The maximum atomic E-state index is 13.4. The van der Waals surface area contributed by atoms with Gasteiger partial charge in [-0.05, 0) is 46.3 Å². The van der Waals surface area contributed by atoms with Crippen LogP contribution >= 0.6 is 39.1 Å². The topological polar surface area (TPSA) is 46.9 Å². The summed E-state index contributed by atoms with van der Waals surface area (Å²) in [5.41, 5.74) is -7.97. The molecular formula is C19H7BrCl2F9N3O. The fourth-order valence-corrected chi connectivity index (χ4v) is 3.86. The summed E-state index contributed by atoms with van der Waals surface area (Å²) in [6.07, 6.45) is -15.7. The molecule has 0 atom stereocenters. The molecule has 0 saturated heterocycles. The van der Waals surface area contributed by atoms with Crippen LogP contribution in [0.1, 0.15) is 16.8 Å². The molecule has 3 rings (SSSR count). The molecule has 0 aliphatic rings. The van der Waals surface area contributed by atoms with Crippen LogP contribution in [0, 0.1) is 0 Å². The summed E-state index contributed by atoms with van der Waals surface area (Å²) in [6, 6.07) is 3.50. The number of rotatable bonds is 3. The van der Waals surface area contributed by atoms with Gasteiger partial charge in [0.1, 0.15) is 0 Å². The van der Waals surface area contributed by atoms with Crippen molar-refractivity contribution in [2.75, 3.05) is 5.32 Å². The number of aromatic nitrogens is 2. The highest BCUT2D eigenvalue weighted by atomic mass is 79.9. The second-order valence-corrected chi connectivity index (χ2v) is 8.37.